The molecule has 4 nitrogen and oxygen atoms in total. The van der Waals surface area contributed by atoms with E-state index in [0.29, 0.717) is 6.04 Å². The van der Waals surface area contributed by atoms with Crippen LogP contribution in [-0.4, -0.2) is 22.1 Å². The van der Waals surface area contributed by atoms with E-state index in [1.54, 1.807) is 12.3 Å². The molecule has 2 N–H and O–H groups in total. The molecule has 0 spiro atoms. The molecule has 0 radical (unpaired) electrons. The molecule has 1 aliphatic carbocycles. The minimum absolute atomic E-state index is 0.0883. The maximum atomic E-state index is 10.6. The Morgan fingerprint density at radius 1 is 1.50 bits per heavy atom. The highest BCUT2D eigenvalue weighted by Crippen LogP contribution is 2.27. The predicted molar refractivity (Wildman–Crippen MR) is 61.6 cm³/mol. The molecular weight excluding hydrogens is 204 g/mol. The van der Waals surface area contributed by atoms with Crippen LogP contribution in [0.3, 0.4) is 0 Å². The molecule has 2 unspecified atom stereocenters. The van der Waals surface area contributed by atoms with Crippen LogP contribution in [0.1, 0.15) is 36.7 Å². The Bertz CT molecular complexity index is 375. The fourth-order valence-electron chi connectivity index (χ4n) is 2.18. The van der Waals surface area contributed by atoms with Gasteiger partial charge >= 0.3 is 5.97 Å². The van der Waals surface area contributed by atoms with Crippen molar-refractivity contribution in [2.45, 2.75) is 32.2 Å². The highest BCUT2D eigenvalue weighted by molar-refractivity contribution is 5.85. The van der Waals surface area contributed by atoms with E-state index in [4.69, 9.17) is 5.11 Å². The molecule has 0 saturated heterocycles. The Balaban J connectivity index is 1.97. The van der Waals surface area contributed by atoms with E-state index in [1.807, 2.05) is 0 Å². The number of carboxylic acids is 1. The molecule has 0 aromatic carbocycles. The van der Waals surface area contributed by atoms with Crippen molar-refractivity contribution in [3.05, 3.63) is 24.0 Å². The summed E-state index contributed by atoms with van der Waals surface area (Å²) in [7, 11) is 0. The highest BCUT2D eigenvalue weighted by atomic mass is 16.4. The summed E-state index contributed by atoms with van der Waals surface area (Å²) in [6.45, 7) is 2.26. The predicted octanol–water partition coefficient (Wildman–Crippen LogP) is 2.38. The highest BCUT2D eigenvalue weighted by Gasteiger charge is 2.20. The number of pyridine rings is 1. The SMILES string of the molecule is CC1CCC(Nc2ccc(C(=O)O)nc2)C1. The van der Waals surface area contributed by atoms with Gasteiger partial charge in [0, 0.05) is 6.04 Å². The maximum absolute atomic E-state index is 10.6. The fourth-order valence-corrected chi connectivity index (χ4v) is 2.18. The molecule has 1 aromatic heterocycles. The second-order valence-electron chi connectivity index (χ2n) is 4.50. The van der Waals surface area contributed by atoms with E-state index in [1.165, 1.54) is 25.3 Å². The zero-order valence-electron chi connectivity index (χ0n) is 9.31. The zero-order chi connectivity index (χ0) is 11.5. The third-order valence-corrected chi connectivity index (χ3v) is 3.05. The van der Waals surface area contributed by atoms with Gasteiger partial charge in [-0.15, -0.1) is 0 Å². The number of hydrogen-bond donors (Lipinski definition) is 2. The number of aromatic nitrogens is 1. The van der Waals surface area contributed by atoms with E-state index in [-0.39, 0.29) is 5.69 Å². The van der Waals surface area contributed by atoms with E-state index >= 15 is 0 Å². The van der Waals surface area contributed by atoms with Crippen LogP contribution in [0.2, 0.25) is 0 Å². The van der Waals surface area contributed by atoms with Crippen LogP contribution in [0.25, 0.3) is 0 Å². The third-order valence-electron chi connectivity index (χ3n) is 3.05. The first-order chi connectivity index (χ1) is 7.65. The van der Waals surface area contributed by atoms with Crippen LogP contribution in [0.15, 0.2) is 18.3 Å². The largest absolute Gasteiger partial charge is 0.477 e. The summed E-state index contributed by atoms with van der Waals surface area (Å²) in [4.78, 5) is 14.5. The summed E-state index contributed by atoms with van der Waals surface area (Å²) >= 11 is 0. The monoisotopic (exact) mass is 220 g/mol. The minimum atomic E-state index is -0.985. The zero-order valence-corrected chi connectivity index (χ0v) is 9.31. The van der Waals surface area contributed by atoms with Gasteiger partial charge in [0.25, 0.3) is 0 Å². The quantitative estimate of drug-likeness (QED) is 0.821. The van der Waals surface area contributed by atoms with Crippen LogP contribution >= 0.6 is 0 Å². The Labute approximate surface area is 94.7 Å². The Morgan fingerprint density at radius 3 is 2.81 bits per heavy atom. The molecule has 16 heavy (non-hydrogen) atoms. The number of aromatic carboxylic acids is 1. The first kappa shape index (κ1) is 10.9. The van der Waals surface area contributed by atoms with E-state index in [0.717, 1.165) is 11.6 Å². The summed E-state index contributed by atoms with van der Waals surface area (Å²) in [6.07, 6.45) is 5.22. The normalized spacial score (nSPS) is 24.3. The van der Waals surface area contributed by atoms with Gasteiger partial charge in [0.15, 0.2) is 0 Å². The molecule has 4 heteroatoms. The van der Waals surface area contributed by atoms with Crippen LogP contribution in [0.5, 0.6) is 0 Å². The van der Waals surface area contributed by atoms with Crippen molar-refractivity contribution >= 4 is 11.7 Å². The molecule has 1 aliphatic rings. The summed E-state index contributed by atoms with van der Waals surface area (Å²) in [5, 5.41) is 12.1. The van der Waals surface area contributed by atoms with E-state index in [2.05, 4.69) is 17.2 Å². The lowest BCUT2D eigenvalue weighted by atomic mass is 10.1. The average Bonchev–Trinajstić information content (AvgIpc) is 2.65. The molecule has 0 aliphatic heterocycles. The lowest BCUT2D eigenvalue weighted by Crippen LogP contribution is -2.15. The molecule has 0 bridgehead atoms. The van der Waals surface area contributed by atoms with E-state index < -0.39 is 5.97 Å². The van der Waals surface area contributed by atoms with Crippen LogP contribution < -0.4 is 5.32 Å². The number of nitrogens with one attached hydrogen (secondary N) is 1. The first-order valence-electron chi connectivity index (χ1n) is 5.61. The second kappa shape index (κ2) is 4.51. The Kier molecular flexibility index (Phi) is 3.08. The summed E-state index contributed by atoms with van der Waals surface area (Å²) in [6, 6.07) is 3.81. The number of carboxylic acid groups (broad SMARTS) is 1. The molecule has 1 fully saturated rings. The van der Waals surface area contributed by atoms with Crippen LogP contribution in [0, 0.1) is 5.92 Å². The Hall–Kier alpha value is -1.58. The minimum Gasteiger partial charge on any atom is -0.477 e. The molecule has 2 rings (SSSR count). The lowest BCUT2D eigenvalue weighted by Gasteiger charge is -2.13. The van der Waals surface area contributed by atoms with Crippen molar-refractivity contribution in [3.8, 4) is 0 Å². The van der Waals surface area contributed by atoms with Gasteiger partial charge in [-0.05, 0) is 37.3 Å². The summed E-state index contributed by atoms with van der Waals surface area (Å²) in [5.41, 5.74) is 0.995. The van der Waals surface area contributed by atoms with Crippen LogP contribution in [-0.2, 0) is 0 Å². The molecular formula is C12H16N2O2. The lowest BCUT2D eigenvalue weighted by molar-refractivity contribution is 0.0690. The standard InChI is InChI=1S/C12H16N2O2/c1-8-2-3-9(6-8)14-10-4-5-11(12(15)16)13-7-10/h4-5,7-9,14H,2-3,6H2,1H3,(H,15,16). The van der Waals surface area contributed by atoms with Gasteiger partial charge in [0.2, 0.25) is 0 Å². The average molecular weight is 220 g/mol. The van der Waals surface area contributed by atoms with Crippen molar-refractivity contribution in [3.63, 3.8) is 0 Å². The van der Waals surface area contributed by atoms with Crippen LogP contribution in [0.4, 0.5) is 5.69 Å². The van der Waals surface area contributed by atoms with Crippen molar-refractivity contribution in [1.29, 1.82) is 0 Å². The number of carbonyl (C=O) groups is 1. The van der Waals surface area contributed by atoms with Gasteiger partial charge in [-0.2, -0.15) is 0 Å². The van der Waals surface area contributed by atoms with Gasteiger partial charge in [-0.3, -0.25) is 0 Å². The topological polar surface area (TPSA) is 62.2 Å². The fraction of sp³-hybridized carbons (Fsp3) is 0.500. The molecule has 86 valence electrons. The van der Waals surface area contributed by atoms with Gasteiger partial charge < -0.3 is 10.4 Å². The smallest absolute Gasteiger partial charge is 0.354 e. The van der Waals surface area contributed by atoms with Gasteiger partial charge in [-0.1, -0.05) is 6.92 Å². The summed E-state index contributed by atoms with van der Waals surface area (Å²) in [5.74, 6) is -0.204. The van der Waals surface area contributed by atoms with Crippen molar-refractivity contribution in [2.75, 3.05) is 5.32 Å². The van der Waals surface area contributed by atoms with Gasteiger partial charge in [0.1, 0.15) is 5.69 Å². The molecule has 0 amide bonds. The van der Waals surface area contributed by atoms with Gasteiger partial charge in [0.05, 0.1) is 11.9 Å². The number of rotatable bonds is 3. The number of nitrogens with zero attached hydrogens (tertiary/aromatic N) is 1. The van der Waals surface area contributed by atoms with E-state index in [9.17, 15) is 4.79 Å². The van der Waals surface area contributed by atoms with Crippen molar-refractivity contribution in [2.24, 2.45) is 5.92 Å². The number of hydrogen-bond acceptors (Lipinski definition) is 3. The maximum Gasteiger partial charge on any atom is 0.354 e. The molecule has 1 aromatic rings. The Morgan fingerprint density at radius 2 is 2.31 bits per heavy atom. The second-order valence-corrected chi connectivity index (χ2v) is 4.50. The molecule has 1 heterocycles. The summed E-state index contributed by atoms with van der Waals surface area (Å²) < 4.78 is 0. The first-order valence-corrected chi connectivity index (χ1v) is 5.61. The number of anilines is 1. The van der Waals surface area contributed by atoms with Gasteiger partial charge in [-0.25, -0.2) is 9.78 Å². The molecule has 2 atom stereocenters. The molecule has 1 saturated carbocycles. The van der Waals surface area contributed by atoms with Crippen molar-refractivity contribution in [1.82, 2.24) is 4.98 Å². The third kappa shape index (κ3) is 2.51. The van der Waals surface area contributed by atoms with Crippen molar-refractivity contribution < 1.29 is 9.90 Å².